The second-order valence-electron chi connectivity index (χ2n) is 3.39. The molecule has 0 atom stereocenters. The summed E-state index contributed by atoms with van der Waals surface area (Å²) in [5.74, 6) is 0.988. The number of benzene rings is 1. The van der Waals surface area contributed by atoms with E-state index in [2.05, 4.69) is 46.4 Å². The minimum Gasteiger partial charge on any atom is -0.384 e. The Morgan fingerprint density at radius 3 is 2.88 bits per heavy atom. The summed E-state index contributed by atoms with van der Waals surface area (Å²) in [6, 6.07) is 6.51. The zero-order valence-electron chi connectivity index (χ0n) is 9.75. The van der Waals surface area contributed by atoms with Gasteiger partial charge in [-0.15, -0.1) is 11.8 Å². The molecular weight excluding hydrogens is 286 g/mol. The van der Waals surface area contributed by atoms with E-state index in [1.807, 2.05) is 11.8 Å². The predicted molar refractivity (Wildman–Crippen MR) is 74.1 cm³/mol. The molecule has 90 valence electrons. The van der Waals surface area contributed by atoms with Crippen molar-refractivity contribution in [1.29, 1.82) is 0 Å². The Balaban J connectivity index is 2.53. The lowest BCUT2D eigenvalue weighted by molar-refractivity contribution is 0.218. The third-order valence-electron chi connectivity index (χ3n) is 2.12. The van der Waals surface area contributed by atoms with Gasteiger partial charge in [-0.05, 0) is 40.2 Å². The van der Waals surface area contributed by atoms with Crippen LogP contribution in [0, 0.1) is 0 Å². The highest BCUT2D eigenvalue weighted by Gasteiger charge is 2.02. The summed E-state index contributed by atoms with van der Waals surface area (Å²) < 4.78 is 6.20. The highest BCUT2D eigenvalue weighted by atomic mass is 79.9. The lowest BCUT2D eigenvalue weighted by Gasteiger charge is -2.07. The molecule has 1 aromatic carbocycles. The molecule has 4 heteroatoms. The van der Waals surface area contributed by atoms with Crippen LogP contribution in [0.25, 0.3) is 0 Å². The van der Waals surface area contributed by atoms with Gasteiger partial charge >= 0.3 is 0 Å². The van der Waals surface area contributed by atoms with Crippen LogP contribution in [0.5, 0.6) is 0 Å². The van der Waals surface area contributed by atoms with Crippen LogP contribution in [-0.4, -0.2) is 26.0 Å². The molecule has 1 rings (SSSR count). The van der Waals surface area contributed by atoms with Crippen molar-refractivity contribution in [2.75, 3.05) is 26.0 Å². The van der Waals surface area contributed by atoms with Crippen molar-refractivity contribution < 1.29 is 4.74 Å². The minimum absolute atomic E-state index is 0.788. The monoisotopic (exact) mass is 303 g/mol. The Kier molecular flexibility index (Phi) is 7.12. The van der Waals surface area contributed by atoms with Gasteiger partial charge in [0, 0.05) is 28.8 Å². The van der Waals surface area contributed by atoms with Crippen molar-refractivity contribution in [3.63, 3.8) is 0 Å². The zero-order chi connectivity index (χ0) is 11.8. The van der Waals surface area contributed by atoms with E-state index in [1.165, 1.54) is 14.9 Å². The van der Waals surface area contributed by atoms with E-state index in [1.54, 1.807) is 7.11 Å². The molecule has 0 heterocycles. The molecule has 0 unspecified atom stereocenters. The molecule has 1 N–H and O–H groups in total. The molecule has 0 saturated heterocycles. The fourth-order valence-corrected chi connectivity index (χ4v) is 2.88. The minimum atomic E-state index is 0.788. The number of hydrogen-bond donors (Lipinski definition) is 1. The zero-order valence-corrected chi connectivity index (χ0v) is 12.2. The SMILES string of the molecule is CCNCc1ccc(SCCOC)c(Br)c1. The maximum absolute atomic E-state index is 5.03. The number of nitrogens with one attached hydrogen (secondary N) is 1. The first-order valence-corrected chi connectivity index (χ1v) is 7.16. The summed E-state index contributed by atoms with van der Waals surface area (Å²) >= 11 is 5.41. The fourth-order valence-electron chi connectivity index (χ4n) is 1.28. The lowest BCUT2D eigenvalue weighted by Crippen LogP contribution is -2.11. The molecule has 0 saturated carbocycles. The van der Waals surface area contributed by atoms with E-state index in [0.717, 1.165) is 25.4 Å². The number of thioether (sulfide) groups is 1. The Morgan fingerprint density at radius 1 is 1.44 bits per heavy atom. The highest BCUT2D eigenvalue weighted by molar-refractivity contribution is 9.10. The van der Waals surface area contributed by atoms with Crippen molar-refractivity contribution in [3.8, 4) is 0 Å². The average molecular weight is 304 g/mol. The third kappa shape index (κ3) is 4.87. The molecule has 0 aliphatic heterocycles. The maximum atomic E-state index is 5.03. The van der Waals surface area contributed by atoms with Crippen molar-refractivity contribution in [1.82, 2.24) is 5.32 Å². The molecule has 2 nitrogen and oxygen atoms in total. The molecule has 0 aromatic heterocycles. The van der Waals surface area contributed by atoms with Gasteiger partial charge in [0.25, 0.3) is 0 Å². The number of rotatable bonds is 7. The molecule has 0 aliphatic rings. The fraction of sp³-hybridized carbons (Fsp3) is 0.500. The van der Waals surface area contributed by atoms with Gasteiger partial charge in [0.2, 0.25) is 0 Å². The normalized spacial score (nSPS) is 10.7. The quantitative estimate of drug-likeness (QED) is 0.617. The topological polar surface area (TPSA) is 21.3 Å². The Morgan fingerprint density at radius 2 is 2.25 bits per heavy atom. The van der Waals surface area contributed by atoms with E-state index in [4.69, 9.17) is 4.74 Å². The van der Waals surface area contributed by atoms with Gasteiger partial charge in [-0.1, -0.05) is 13.0 Å². The van der Waals surface area contributed by atoms with Crippen molar-refractivity contribution in [3.05, 3.63) is 28.2 Å². The summed E-state index contributed by atoms with van der Waals surface area (Å²) in [7, 11) is 1.73. The van der Waals surface area contributed by atoms with Crippen LogP contribution in [0.4, 0.5) is 0 Å². The predicted octanol–water partition coefficient (Wildman–Crippen LogP) is 3.30. The standard InChI is InChI=1S/C12H18BrNOS/c1-3-14-9-10-4-5-12(11(13)8-10)16-7-6-15-2/h4-5,8,14H,3,6-7,9H2,1-2H3. The molecular formula is C12H18BrNOS. The van der Waals surface area contributed by atoms with E-state index in [9.17, 15) is 0 Å². The first-order valence-electron chi connectivity index (χ1n) is 5.38. The number of ether oxygens (including phenoxy) is 1. The molecule has 1 aromatic rings. The molecule has 0 fully saturated rings. The van der Waals surface area contributed by atoms with Crippen LogP contribution in [0.1, 0.15) is 12.5 Å². The van der Waals surface area contributed by atoms with Gasteiger partial charge in [-0.2, -0.15) is 0 Å². The first-order chi connectivity index (χ1) is 7.77. The van der Waals surface area contributed by atoms with Crippen LogP contribution in [0.2, 0.25) is 0 Å². The second kappa shape index (κ2) is 8.12. The second-order valence-corrected chi connectivity index (χ2v) is 5.38. The van der Waals surface area contributed by atoms with Crippen molar-refractivity contribution >= 4 is 27.7 Å². The van der Waals surface area contributed by atoms with Gasteiger partial charge in [0.15, 0.2) is 0 Å². The van der Waals surface area contributed by atoms with Gasteiger partial charge in [0.1, 0.15) is 0 Å². The Labute approximate surface area is 110 Å². The van der Waals surface area contributed by atoms with Crippen LogP contribution >= 0.6 is 27.7 Å². The van der Waals surface area contributed by atoms with E-state index < -0.39 is 0 Å². The number of hydrogen-bond acceptors (Lipinski definition) is 3. The van der Waals surface area contributed by atoms with Gasteiger partial charge in [0.05, 0.1) is 6.61 Å². The molecule has 0 amide bonds. The van der Waals surface area contributed by atoms with Crippen molar-refractivity contribution in [2.24, 2.45) is 0 Å². The molecule has 0 radical (unpaired) electrons. The highest BCUT2D eigenvalue weighted by Crippen LogP contribution is 2.28. The molecule has 0 aliphatic carbocycles. The van der Waals surface area contributed by atoms with Gasteiger partial charge in [-0.25, -0.2) is 0 Å². The summed E-state index contributed by atoms with van der Waals surface area (Å²) in [4.78, 5) is 1.28. The van der Waals surface area contributed by atoms with Crippen LogP contribution < -0.4 is 5.32 Å². The summed E-state index contributed by atoms with van der Waals surface area (Å²) in [6.45, 7) is 4.83. The average Bonchev–Trinajstić information content (AvgIpc) is 2.29. The van der Waals surface area contributed by atoms with Crippen molar-refractivity contribution in [2.45, 2.75) is 18.4 Å². The number of halogens is 1. The van der Waals surface area contributed by atoms with Gasteiger partial charge < -0.3 is 10.1 Å². The third-order valence-corrected chi connectivity index (χ3v) is 4.08. The van der Waals surface area contributed by atoms with Crippen LogP contribution in [0.3, 0.4) is 0 Å². The molecule has 0 spiro atoms. The smallest absolute Gasteiger partial charge is 0.0556 e. The Bertz CT molecular complexity index is 320. The first kappa shape index (κ1) is 14.0. The van der Waals surface area contributed by atoms with E-state index in [0.29, 0.717) is 0 Å². The lowest BCUT2D eigenvalue weighted by atomic mass is 10.2. The molecule has 0 bridgehead atoms. The Hall–Kier alpha value is -0.0300. The van der Waals surface area contributed by atoms with E-state index in [-0.39, 0.29) is 0 Å². The molecule has 16 heavy (non-hydrogen) atoms. The van der Waals surface area contributed by atoms with Crippen LogP contribution in [0.15, 0.2) is 27.6 Å². The largest absolute Gasteiger partial charge is 0.384 e. The van der Waals surface area contributed by atoms with Crippen LogP contribution in [-0.2, 0) is 11.3 Å². The van der Waals surface area contributed by atoms with Gasteiger partial charge in [-0.3, -0.25) is 0 Å². The summed E-state index contributed by atoms with van der Waals surface area (Å²) in [5.41, 5.74) is 1.31. The van der Waals surface area contributed by atoms with E-state index >= 15 is 0 Å². The maximum Gasteiger partial charge on any atom is 0.0556 e. The summed E-state index contributed by atoms with van der Waals surface area (Å²) in [5, 5.41) is 3.32. The number of methoxy groups -OCH3 is 1. The summed E-state index contributed by atoms with van der Waals surface area (Å²) in [6.07, 6.45) is 0.